The summed E-state index contributed by atoms with van der Waals surface area (Å²) in [5.41, 5.74) is 1.26. The number of nitrogens with one attached hydrogen (secondary N) is 1. The molecular weight excluding hydrogens is 252 g/mol. The lowest BCUT2D eigenvalue weighted by molar-refractivity contribution is -0.139. The highest BCUT2D eigenvalue weighted by Crippen LogP contribution is 2.22. The van der Waals surface area contributed by atoms with E-state index >= 15 is 0 Å². The van der Waals surface area contributed by atoms with Crippen LogP contribution in [0, 0.1) is 5.92 Å². The number of piperazine rings is 1. The largest absolute Gasteiger partial charge is 0.381 e. The predicted molar refractivity (Wildman–Crippen MR) is 77.3 cm³/mol. The van der Waals surface area contributed by atoms with Gasteiger partial charge in [0, 0.05) is 44.8 Å². The molecular formula is C16H22N2O2. The van der Waals surface area contributed by atoms with Crippen LogP contribution in [0.5, 0.6) is 0 Å². The maximum atomic E-state index is 12.6. The number of rotatable bonds is 2. The molecule has 4 heteroatoms. The Balaban J connectivity index is 1.64. The molecule has 0 radical (unpaired) electrons. The minimum Gasteiger partial charge on any atom is -0.381 e. The molecule has 1 amide bonds. The van der Waals surface area contributed by atoms with Gasteiger partial charge >= 0.3 is 0 Å². The maximum absolute atomic E-state index is 12.6. The highest BCUT2D eigenvalue weighted by molar-refractivity contribution is 5.79. The molecule has 3 rings (SSSR count). The summed E-state index contributed by atoms with van der Waals surface area (Å²) in [4.78, 5) is 14.6. The van der Waals surface area contributed by atoms with Crippen molar-refractivity contribution >= 4 is 5.91 Å². The van der Waals surface area contributed by atoms with E-state index in [1.165, 1.54) is 5.56 Å². The Morgan fingerprint density at radius 1 is 1.20 bits per heavy atom. The topological polar surface area (TPSA) is 41.6 Å². The van der Waals surface area contributed by atoms with Gasteiger partial charge in [0.15, 0.2) is 0 Å². The van der Waals surface area contributed by atoms with Crippen LogP contribution in [0.3, 0.4) is 0 Å². The smallest absolute Gasteiger partial charge is 0.225 e. The van der Waals surface area contributed by atoms with Gasteiger partial charge in [0.1, 0.15) is 0 Å². The van der Waals surface area contributed by atoms with Crippen LogP contribution in [-0.2, 0) is 9.53 Å². The molecule has 4 nitrogen and oxygen atoms in total. The zero-order chi connectivity index (χ0) is 13.8. The third-order valence-electron chi connectivity index (χ3n) is 4.26. The number of benzene rings is 1. The number of nitrogens with zero attached hydrogens (tertiary/aromatic N) is 1. The van der Waals surface area contributed by atoms with E-state index in [0.717, 1.165) is 45.7 Å². The summed E-state index contributed by atoms with van der Waals surface area (Å²) in [5, 5.41) is 3.50. The van der Waals surface area contributed by atoms with Gasteiger partial charge in [0.2, 0.25) is 5.91 Å². The Labute approximate surface area is 120 Å². The summed E-state index contributed by atoms with van der Waals surface area (Å²) in [6.07, 6.45) is 1.75. The second-order valence-corrected chi connectivity index (χ2v) is 5.59. The Morgan fingerprint density at radius 3 is 2.70 bits per heavy atom. The molecule has 0 saturated carbocycles. The summed E-state index contributed by atoms with van der Waals surface area (Å²) < 4.78 is 5.34. The summed E-state index contributed by atoms with van der Waals surface area (Å²) in [7, 11) is 0. The van der Waals surface area contributed by atoms with Crippen LogP contribution in [0.25, 0.3) is 0 Å². The molecule has 1 aromatic carbocycles. The van der Waals surface area contributed by atoms with Crippen molar-refractivity contribution in [1.82, 2.24) is 10.2 Å². The van der Waals surface area contributed by atoms with E-state index < -0.39 is 0 Å². The normalized spacial score (nSPS) is 24.6. The molecule has 0 aromatic heterocycles. The van der Waals surface area contributed by atoms with Crippen LogP contribution >= 0.6 is 0 Å². The highest BCUT2D eigenvalue weighted by Gasteiger charge is 2.30. The minimum absolute atomic E-state index is 0.165. The monoisotopic (exact) mass is 274 g/mol. The van der Waals surface area contributed by atoms with E-state index in [2.05, 4.69) is 29.6 Å². The molecule has 2 fully saturated rings. The van der Waals surface area contributed by atoms with Crippen LogP contribution in [-0.4, -0.2) is 43.7 Å². The zero-order valence-corrected chi connectivity index (χ0v) is 11.8. The molecule has 1 aromatic rings. The molecule has 0 aliphatic carbocycles. The summed E-state index contributed by atoms with van der Waals surface area (Å²) in [6.45, 7) is 3.92. The lowest BCUT2D eigenvalue weighted by atomic mass is 9.97. The van der Waals surface area contributed by atoms with E-state index in [4.69, 9.17) is 4.74 Å². The van der Waals surface area contributed by atoms with E-state index in [-0.39, 0.29) is 12.0 Å². The van der Waals surface area contributed by atoms with Gasteiger partial charge in [-0.25, -0.2) is 0 Å². The lowest BCUT2D eigenvalue weighted by Crippen LogP contribution is -2.50. The first-order chi connectivity index (χ1) is 9.84. The average Bonchev–Trinajstić information content (AvgIpc) is 2.56. The van der Waals surface area contributed by atoms with E-state index in [9.17, 15) is 4.79 Å². The molecule has 2 saturated heterocycles. The first-order valence-corrected chi connectivity index (χ1v) is 7.49. The van der Waals surface area contributed by atoms with Crippen molar-refractivity contribution in [3.05, 3.63) is 35.9 Å². The van der Waals surface area contributed by atoms with Crippen molar-refractivity contribution in [2.45, 2.75) is 18.9 Å². The van der Waals surface area contributed by atoms with Crippen molar-refractivity contribution in [1.29, 1.82) is 0 Å². The fourth-order valence-corrected chi connectivity index (χ4v) is 3.06. The first kappa shape index (κ1) is 13.6. The number of amides is 1. The Morgan fingerprint density at radius 2 is 1.95 bits per heavy atom. The first-order valence-electron chi connectivity index (χ1n) is 7.49. The van der Waals surface area contributed by atoms with Crippen molar-refractivity contribution in [2.75, 3.05) is 32.8 Å². The maximum Gasteiger partial charge on any atom is 0.225 e. The third-order valence-corrected chi connectivity index (χ3v) is 4.26. The van der Waals surface area contributed by atoms with Crippen molar-refractivity contribution in [2.24, 2.45) is 5.92 Å². The molecule has 2 aliphatic rings. The van der Waals surface area contributed by atoms with E-state index in [0.29, 0.717) is 5.91 Å². The van der Waals surface area contributed by atoms with Gasteiger partial charge < -0.3 is 15.0 Å². The molecule has 108 valence electrons. The molecule has 1 N–H and O–H groups in total. The van der Waals surface area contributed by atoms with E-state index in [1.807, 2.05) is 11.0 Å². The number of hydrogen-bond acceptors (Lipinski definition) is 3. The van der Waals surface area contributed by atoms with Gasteiger partial charge in [0.05, 0.1) is 0 Å². The summed E-state index contributed by atoms with van der Waals surface area (Å²) in [6, 6.07) is 10.6. The second kappa shape index (κ2) is 6.37. The lowest BCUT2D eigenvalue weighted by Gasteiger charge is -2.36. The molecule has 2 aliphatic heterocycles. The van der Waals surface area contributed by atoms with Crippen LogP contribution in [0.1, 0.15) is 24.4 Å². The SMILES string of the molecule is O=C(C1CCOCC1)N1CCN[C@@H](c2ccccc2)C1. The number of carbonyl (C=O) groups is 1. The van der Waals surface area contributed by atoms with Crippen LogP contribution < -0.4 is 5.32 Å². The van der Waals surface area contributed by atoms with Gasteiger partial charge in [-0.2, -0.15) is 0 Å². The van der Waals surface area contributed by atoms with Crippen LogP contribution in [0.2, 0.25) is 0 Å². The molecule has 0 spiro atoms. The van der Waals surface area contributed by atoms with Crippen molar-refractivity contribution in [3.63, 3.8) is 0 Å². The highest BCUT2D eigenvalue weighted by atomic mass is 16.5. The van der Waals surface area contributed by atoms with Gasteiger partial charge in [-0.1, -0.05) is 30.3 Å². The number of hydrogen-bond donors (Lipinski definition) is 1. The van der Waals surface area contributed by atoms with Crippen molar-refractivity contribution in [3.8, 4) is 0 Å². The molecule has 0 bridgehead atoms. The second-order valence-electron chi connectivity index (χ2n) is 5.59. The summed E-state index contributed by atoms with van der Waals surface area (Å²) >= 11 is 0. The van der Waals surface area contributed by atoms with Crippen LogP contribution in [0.15, 0.2) is 30.3 Å². The average molecular weight is 274 g/mol. The fraction of sp³-hybridized carbons (Fsp3) is 0.562. The van der Waals surface area contributed by atoms with Crippen molar-refractivity contribution < 1.29 is 9.53 Å². The zero-order valence-electron chi connectivity index (χ0n) is 11.8. The fourth-order valence-electron chi connectivity index (χ4n) is 3.06. The van der Waals surface area contributed by atoms with Gasteiger partial charge in [-0.3, -0.25) is 4.79 Å². The van der Waals surface area contributed by atoms with Gasteiger partial charge in [0.25, 0.3) is 0 Å². The minimum atomic E-state index is 0.165. The van der Waals surface area contributed by atoms with E-state index in [1.54, 1.807) is 0 Å². The molecule has 1 atom stereocenters. The Bertz CT molecular complexity index is 443. The molecule has 20 heavy (non-hydrogen) atoms. The standard InChI is InChI=1S/C16H22N2O2/c19-16(14-6-10-20-11-7-14)18-9-8-17-15(12-18)13-4-2-1-3-5-13/h1-5,14-15,17H,6-12H2/t15-/m1/s1. The van der Waals surface area contributed by atoms with Crippen LogP contribution in [0.4, 0.5) is 0 Å². The molecule has 2 heterocycles. The Kier molecular flexibility index (Phi) is 4.33. The quantitative estimate of drug-likeness (QED) is 0.890. The number of carbonyl (C=O) groups excluding carboxylic acids is 1. The third kappa shape index (κ3) is 3.02. The Hall–Kier alpha value is -1.39. The van der Waals surface area contributed by atoms with Gasteiger partial charge in [-0.15, -0.1) is 0 Å². The molecule has 0 unspecified atom stereocenters. The number of ether oxygens (including phenoxy) is 1. The predicted octanol–water partition coefficient (Wildman–Crippen LogP) is 1.59. The van der Waals surface area contributed by atoms with Gasteiger partial charge in [-0.05, 0) is 18.4 Å². The summed E-state index contributed by atoms with van der Waals surface area (Å²) in [5.74, 6) is 0.481.